The Kier molecular flexibility index (Phi) is 6.13. The van der Waals surface area contributed by atoms with E-state index >= 15 is 0 Å². The number of hydrogen-bond donors (Lipinski definition) is 0. The molecular weight excluding hydrogens is 583 g/mol. The lowest BCUT2D eigenvalue weighted by atomic mass is 9.93. The third-order valence-corrected chi connectivity index (χ3v) is 9.70. The molecule has 0 spiro atoms. The molecule has 0 N–H and O–H groups in total. The van der Waals surface area contributed by atoms with Gasteiger partial charge in [0.2, 0.25) is 0 Å². The van der Waals surface area contributed by atoms with E-state index in [-0.39, 0.29) is 0 Å². The standard InChI is InChI=1S/C40H19N5S/c1-44-34-13-5-9-27(23-43)39(34)24-15-17-35-32(19-24)30-11-6-12-31(38-25(21-41)7-4-8-26(38)22-42)40(30)45(35)28-16-18-37-33(20-28)29-10-2-3-14-36(29)46-37/h2-20H. The van der Waals surface area contributed by atoms with Gasteiger partial charge in [-0.3, -0.25) is 0 Å². The van der Waals surface area contributed by atoms with Crippen molar-refractivity contribution in [1.29, 1.82) is 15.8 Å². The molecule has 210 valence electrons. The van der Waals surface area contributed by atoms with E-state index in [0.717, 1.165) is 44.0 Å². The summed E-state index contributed by atoms with van der Waals surface area (Å²) in [6.45, 7) is 7.79. The average molecular weight is 602 g/mol. The van der Waals surface area contributed by atoms with E-state index in [1.54, 1.807) is 47.7 Å². The lowest BCUT2D eigenvalue weighted by Crippen LogP contribution is -1.97. The van der Waals surface area contributed by atoms with Gasteiger partial charge in [0.05, 0.1) is 46.9 Å². The molecule has 0 saturated heterocycles. The third kappa shape index (κ3) is 3.90. The molecule has 46 heavy (non-hydrogen) atoms. The van der Waals surface area contributed by atoms with Crippen molar-refractivity contribution in [2.24, 2.45) is 0 Å². The number of hydrogen-bond acceptors (Lipinski definition) is 4. The summed E-state index contributed by atoms with van der Waals surface area (Å²) in [5, 5.41) is 34.4. The Balaban J connectivity index is 1.53. The van der Waals surface area contributed by atoms with Crippen molar-refractivity contribution in [3.63, 3.8) is 0 Å². The predicted molar refractivity (Wildman–Crippen MR) is 185 cm³/mol. The smallest absolute Gasteiger partial charge is 0.196 e. The minimum Gasteiger partial charge on any atom is -0.309 e. The molecular formula is C40H19N5S. The highest BCUT2D eigenvalue weighted by molar-refractivity contribution is 7.25. The minimum atomic E-state index is 0.416. The molecule has 6 aromatic carbocycles. The van der Waals surface area contributed by atoms with Crippen LogP contribution in [0.2, 0.25) is 0 Å². The monoisotopic (exact) mass is 601 g/mol. The summed E-state index contributed by atoms with van der Waals surface area (Å²) >= 11 is 1.76. The van der Waals surface area contributed by atoms with Crippen molar-refractivity contribution in [1.82, 2.24) is 4.57 Å². The van der Waals surface area contributed by atoms with Crippen LogP contribution in [0.5, 0.6) is 0 Å². The van der Waals surface area contributed by atoms with Gasteiger partial charge in [0.1, 0.15) is 0 Å². The van der Waals surface area contributed by atoms with Crippen molar-refractivity contribution in [3.05, 3.63) is 143 Å². The molecule has 8 rings (SSSR count). The van der Waals surface area contributed by atoms with Crippen LogP contribution < -0.4 is 0 Å². The number of nitriles is 3. The SMILES string of the molecule is [C-]#[N+]c1cccc(C#N)c1-c1ccc2c(c1)c1cccc(-c3c(C#N)cccc3C#N)c1n2-c1ccc2sc3ccccc3c2c1. The number of nitrogens with zero attached hydrogens (tertiary/aromatic N) is 5. The molecule has 0 aliphatic heterocycles. The number of aromatic nitrogens is 1. The van der Waals surface area contributed by atoms with Crippen molar-refractivity contribution in [3.8, 4) is 46.1 Å². The van der Waals surface area contributed by atoms with Crippen LogP contribution in [0.15, 0.2) is 115 Å². The number of para-hydroxylation sites is 1. The first-order chi connectivity index (χ1) is 22.6. The lowest BCUT2D eigenvalue weighted by molar-refractivity contribution is 1.19. The first kappa shape index (κ1) is 26.9. The summed E-state index contributed by atoms with van der Waals surface area (Å²) in [5.41, 5.74) is 7.19. The van der Waals surface area contributed by atoms with Crippen LogP contribution in [0.25, 0.3) is 74.8 Å². The first-order valence-electron chi connectivity index (χ1n) is 14.5. The summed E-state index contributed by atoms with van der Waals surface area (Å²) in [4.78, 5) is 3.72. The maximum Gasteiger partial charge on any atom is 0.196 e. The zero-order valence-electron chi connectivity index (χ0n) is 24.1. The van der Waals surface area contributed by atoms with Crippen LogP contribution in [0.1, 0.15) is 16.7 Å². The van der Waals surface area contributed by atoms with Gasteiger partial charge in [-0.2, -0.15) is 15.8 Å². The highest BCUT2D eigenvalue weighted by Gasteiger charge is 2.22. The predicted octanol–water partition coefficient (Wildman–Crippen LogP) is 10.7. The molecule has 0 amide bonds. The van der Waals surface area contributed by atoms with Gasteiger partial charge in [-0.25, -0.2) is 4.85 Å². The number of fused-ring (bicyclic) bond motifs is 6. The van der Waals surface area contributed by atoms with Crippen molar-refractivity contribution in [2.75, 3.05) is 0 Å². The molecule has 0 atom stereocenters. The van der Waals surface area contributed by atoms with Gasteiger partial charge in [0.25, 0.3) is 0 Å². The fourth-order valence-electron chi connectivity index (χ4n) is 6.61. The van der Waals surface area contributed by atoms with Crippen LogP contribution in [-0.2, 0) is 0 Å². The Labute approximate surface area is 268 Å². The first-order valence-corrected chi connectivity index (χ1v) is 15.3. The Hall–Kier alpha value is -6.70. The van der Waals surface area contributed by atoms with E-state index in [9.17, 15) is 15.8 Å². The van der Waals surface area contributed by atoms with Crippen LogP contribution in [-0.4, -0.2) is 4.57 Å². The van der Waals surface area contributed by atoms with E-state index in [1.165, 1.54) is 14.8 Å². The van der Waals surface area contributed by atoms with Crippen LogP contribution in [0, 0.1) is 40.6 Å². The van der Waals surface area contributed by atoms with Crippen molar-refractivity contribution < 1.29 is 0 Å². The summed E-state index contributed by atoms with van der Waals surface area (Å²) in [6.07, 6.45) is 0. The zero-order chi connectivity index (χ0) is 31.4. The Morgan fingerprint density at radius 3 is 2.02 bits per heavy atom. The van der Waals surface area contributed by atoms with Crippen molar-refractivity contribution >= 4 is 59.0 Å². The van der Waals surface area contributed by atoms with E-state index in [1.807, 2.05) is 36.4 Å². The second-order valence-corrected chi connectivity index (χ2v) is 12.0. The Morgan fingerprint density at radius 1 is 0.587 bits per heavy atom. The van der Waals surface area contributed by atoms with Gasteiger partial charge < -0.3 is 4.57 Å². The lowest BCUT2D eigenvalue weighted by Gasteiger charge is -2.14. The molecule has 5 nitrogen and oxygen atoms in total. The largest absolute Gasteiger partial charge is 0.309 e. The molecule has 0 aliphatic carbocycles. The van der Waals surface area contributed by atoms with Crippen LogP contribution in [0.4, 0.5) is 5.69 Å². The third-order valence-electron chi connectivity index (χ3n) is 8.55. The van der Waals surface area contributed by atoms with E-state index in [0.29, 0.717) is 33.5 Å². The quantitative estimate of drug-likeness (QED) is 0.189. The second-order valence-electron chi connectivity index (χ2n) is 10.9. The zero-order valence-corrected chi connectivity index (χ0v) is 24.9. The van der Waals surface area contributed by atoms with Crippen LogP contribution in [0.3, 0.4) is 0 Å². The molecule has 0 saturated carbocycles. The average Bonchev–Trinajstić information content (AvgIpc) is 3.65. The Morgan fingerprint density at radius 2 is 1.26 bits per heavy atom. The van der Waals surface area contributed by atoms with E-state index < -0.39 is 0 Å². The molecule has 0 fully saturated rings. The minimum absolute atomic E-state index is 0.416. The molecule has 2 heterocycles. The molecule has 6 heteroatoms. The van der Waals surface area contributed by atoms with Gasteiger partial charge in [-0.1, -0.05) is 60.7 Å². The van der Waals surface area contributed by atoms with Crippen LogP contribution >= 0.6 is 11.3 Å². The van der Waals surface area contributed by atoms with Gasteiger partial charge in [0.15, 0.2) is 5.69 Å². The van der Waals surface area contributed by atoms with Gasteiger partial charge in [-0.15, -0.1) is 11.3 Å². The normalized spacial score (nSPS) is 11.0. The maximum absolute atomic E-state index is 10.1. The summed E-state index contributed by atoms with van der Waals surface area (Å²) in [7, 11) is 0. The molecule has 0 aliphatic rings. The topological polar surface area (TPSA) is 80.7 Å². The van der Waals surface area contributed by atoms with Gasteiger partial charge >= 0.3 is 0 Å². The van der Waals surface area contributed by atoms with Gasteiger partial charge in [-0.05, 0) is 60.2 Å². The van der Waals surface area contributed by atoms with E-state index in [4.69, 9.17) is 6.57 Å². The summed E-state index contributed by atoms with van der Waals surface area (Å²) in [6, 6.07) is 44.2. The number of thiophene rings is 1. The Bertz CT molecular complexity index is 2690. The molecule has 0 radical (unpaired) electrons. The summed E-state index contributed by atoms with van der Waals surface area (Å²) in [5.74, 6) is 0. The molecule has 0 bridgehead atoms. The summed E-state index contributed by atoms with van der Waals surface area (Å²) < 4.78 is 4.61. The maximum atomic E-state index is 10.1. The van der Waals surface area contributed by atoms with Gasteiger partial charge in [0, 0.05) is 58.9 Å². The molecule has 8 aromatic rings. The molecule has 0 unspecified atom stereocenters. The fraction of sp³-hybridized carbons (Fsp3) is 0. The number of benzene rings is 6. The van der Waals surface area contributed by atoms with Crippen molar-refractivity contribution in [2.45, 2.75) is 0 Å². The molecule has 2 aromatic heterocycles. The highest BCUT2D eigenvalue weighted by Crippen LogP contribution is 2.44. The second kappa shape index (κ2) is 10.5. The highest BCUT2D eigenvalue weighted by atomic mass is 32.1. The number of rotatable bonds is 3. The van der Waals surface area contributed by atoms with E-state index in [2.05, 4.69) is 70.1 Å². The fourth-order valence-corrected chi connectivity index (χ4v) is 7.69.